The molecule has 9 heteroatoms. The van der Waals surface area contributed by atoms with Gasteiger partial charge < -0.3 is 19.7 Å². The van der Waals surface area contributed by atoms with Crippen LogP contribution in [-0.2, 0) is 24.3 Å². The van der Waals surface area contributed by atoms with Gasteiger partial charge in [-0.3, -0.25) is 14.7 Å². The van der Waals surface area contributed by atoms with Crippen LogP contribution in [0.15, 0.2) is 35.7 Å². The number of rotatable bonds is 4. The van der Waals surface area contributed by atoms with Gasteiger partial charge in [0.05, 0.1) is 25.2 Å². The largest absolute Gasteiger partial charge is 0.454 e. The third-order valence-electron chi connectivity index (χ3n) is 4.78. The number of hydrogen-bond donors (Lipinski definition) is 2. The first-order valence-corrected chi connectivity index (χ1v) is 9.62. The van der Waals surface area contributed by atoms with Crippen LogP contribution in [0.2, 0.25) is 0 Å². The SMILES string of the molecule is O=C(Nc1n[nH]c2c1CN(C(=O)Cc1cccs1)C2)c1ccc2c(c1)OCO2. The highest BCUT2D eigenvalue weighted by molar-refractivity contribution is 7.10. The highest BCUT2D eigenvalue weighted by Gasteiger charge is 2.29. The van der Waals surface area contributed by atoms with Crippen molar-refractivity contribution in [1.29, 1.82) is 0 Å². The number of aromatic amines is 1. The summed E-state index contributed by atoms with van der Waals surface area (Å²) >= 11 is 1.57. The van der Waals surface area contributed by atoms with E-state index in [4.69, 9.17) is 9.47 Å². The first-order valence-electron chi connectivity index (χ1n) is 8.74. The van der Waals surface area contributed by atoms with Crippen molar-refractivity contribution in [3.8, 4) is 11.5 Å². The maximum atomic E-state index is 12.6. The van der Waals surface area contributed by atoms with Crippen molar-refractivity contribution in [3.05, 3.63) is 57.4 Å². The van der Waals surface area contributed by atoms with Gasteiger partial charge in [-0.2, -0.15) is 5.10 Å². The molecular weight excluding hydrogens is 380 g/mol. The number of thiophene rings is 1. The van der Waals surface area contributed by atoms with Crippen LogP contribution < -0.4 is 14.8 Å². The smallest absolute Gasteiger partial charge is 0.257 e. The topological polar surface area (TPSA) is 96.6 Å². The van der Waals surface area contributed by atoms with Crippen LogP contribution in [0.5, 0.6) is 11.5 Å². The van der Waals surface area contributed by atoms with E-state index >= 15 is 0 Å². The zero-order valence-electron chi connectivity index (χ0n) is 14.7. The first kappa shape index (κ1) is 16.8. The molecule has 142 valence electrons. The van der Waals surface area contributed by atoms with Crippen molar-refractivity contribution in [2.45, 2.75) is 19.5 Å². The third kappa shape index (κ3) is 2.99. The summed E-state index contributed by atoms with van der Waals surface area (Å²) < 4.78 is 10.6. The summed E-state index contributed by atoms with van der Waals surface area (Å²) in [5.74, 6) is 1.38. The Kier molecular flexibility index (Phi) is 4.01. The Labute approximate surface area is 164 Å². The van der Waals surface area contributed by atoms with Gasteiger partial charge in [-0.05, 0) is 29.6 Å². The standard InChI is InChI=1S/C19H16N4O4S/c24-17(7-12-2-1-5-28-12)23-8-13-14(9-23)21-22-18(13)20-19(25)11-3-4-15-16(6-11)27-10-26-15/h1-6H,7-10H2,(H2,20,21,22,25). The molecule has 2 aromatic heterocycles. The Bertz CT molecular complexity index is 1060. The summed E-state index contributed by atoms with van der Waals surface area (Å²) in [7, 11) is 0. The van der Waals surface area contributed by atoms with Crippen LogP contribution >= 0.6 is 11.3 Å². The zero-order chi connectivity index (χ0) is 19.1. The van der Waals surface area contributed by atoms with Gasteiger partial charge in [0.15, 0.2) is 17.3 Å². The molecule has 0 saturated carbocycles. The quantitative estimate of drug-likeness (QED) is 0.706. The predicted octanol–water partition coefficient (Wildman–Crippen LogP) is 2.54. The summed E-state index contributed by atoms with van der Waals surface area (Å²) in [6.45, 7) is 1.04. The number of benzene rings is 1. The second-order valence-corrected chi connectivity index (χ2v) is 7.59. The van der Waals surface area contributed by atoms with E-state index in [-0.39, 0.29) is 18.6 Å². The zero-order valence-corrected chi connectivity index (χ0v) is 15.5. The molecule has 28 heavy (non-hydrogen) atoms. The monoisotopic (exact) mass is 396 g/mol. The molecule has 2 aliphatic rings. The third-order valence-corrected chi connectivity index (χ3v) is 5.65. The number of amides is 2. The normalized spacial score (nSPS) is 14.2. The molecule has 0 aliphatic carbocycles. The van der Waals surface area contributed by atoms with Gasteiger partial charge in [0.2, 0.25) is 12.7 Å². The lowest BCUT2D eigenvalue weighted by atomic mass is 10.2. The van der Waals surface area contributed by atoms with Gasteiger partial charge in [0.1, 0.15) is 0 Å². The summed E-state index contributed by atoms with van der Waals surface area (Å²) in [5.41, 5.74) is 2.14. The fourth-order valence-electron chi connectivity index (χ4n) is 3.31. The van der Waals surface area contributed by atoms with Gasteiger partial charge in [0, 0.05) is 16.0 Å². The maximum Gasteiger partial charge on any atom is 0.257 e. The van der Waals surface area contributed by atoms with Crippen molar-refractivity contribution in [3.63, 3.8) is 0 Å². The molecule has 2 N–H and O–H groups in total. The number of nitrogens with zero attached hydrogens (tertiary/aromatic N) is 2. The van der Waals surface area contributed by atoms with Crippen molar-refractivity contribution in [2.75, 3.05) is 12.1 Å². The van der Waals surface area contributed by atoms with Gasteiger partial charge in [-0.15, -0.1) is 11.3 Å². The minimum Gasteiger partial charge on any atom is -0.454 e. The van der Waals surface area contributed by atoms with Crippen molar-refractivity contribution in [2.24, 2.45) is 0 Å². The highest BCUT2D eigenvalue weighted by Crippen LogP contribution is 2.33. The van der Waals surface area contributed by atoms with E-state index in [0.29, 0.717) is 42.4 Å². The number of carbonyl (C=O) groups excluding carboxylic acids is 2. The van der Waals surface area contributed by atoms with E-state index in [9.17, 15) is 9.59 Å². The lowest BCUT2D eigenvalue weighted by Gasteiger charge is -2.15. The van der Waals surface area contributed by atoms with E-state index in [0.717, 1.165) is 16.1 Å². The van der Waals surface area contributed by atoms with Crippen LogP contribution in [0, 0.1) is 0 Å². The number of fused-ring (bicyclic) bond motifs is 2. The average Bonchev–Trinajstić information content (AvgIpc) is 3.46. The summed E-state index contributed by atoms with van der Waals surface area (Å²) in [6, 6.07) is 8.91. The van der Waals surface area contributed by atoms with E-state index in [2.05, 4.69) is 15.5 Å². The minimum absolute atomic E-state index is 0.0556. The molecule has 0 saturated heterocycles. The summed E-state index contributed by atoms with van der Waals surface area (Å²) in [5, 5.41) is 11.9. The molecule has 2 amide bonds. The number of carbonyl (C=O) groups is 2. The van der Waals surface area contributed by atoms with Gasteiger partial charge in [0.25, 0.3) is 5.91 Å². The Hall–Kier alpha value is -3.33. The second-order valence-electron chi connectivity index (χ2n) is 6.56. The van der Waals surface area contributed by atoms with Gasteiger partial charge >= 0.3 is 0 Å². The molecule has 0 atom stereocenters. The van der Waals surface area contributed by atoms with Gasteiger partial charge in [-0.1, -0.05) is 6.07 Å². The molecule has 4 heterocycles. The van der Waals surface area contributed by atoms with Crippen LogP contribution in [-0.4, -0.2) is 33.7 Å². The maximum absolute atomic E-state index is 12.6. The van der Waals surface area contributed by atoms with Crippen LogP contribution in [0.3, 0.4) is 0 Å². The molecule has 8 nitrogen and oxygen atoms in total. The Morgan fingerprint density at radius 1 is 1.21 bits per heavy atom. The molecule has 1 aromatic carbocycles. The molecule has 3 aromatic rings. The van der Waals surface area contributed by atoms with E-state index in [1.165, 1.54) is 0 Å². The number of anilines is 1. The van der Waals surface area contributed by atoms with Crippen LogP contribution in [0.4, 0.5) is 5.82 Å². The Morgan fingerprint density at radius 3 is 2.96 bits per heavy atom. The lowest BCUT2D eigenvalue weighted by Crippen LogP contribution is -2.27. The Morgan fingerprint density at radius 2 is 2.11 bits per heavy atom. The van der Waals surface area contributed by atoms with Crippen LogP contribution in [0.25, 0.3) is 0 Å². The number of nitrogens with one attached hydrogen (secondary N) is 2. The summed E-state index contributed by atoms with van der Waals surface area (Å²) in [6.07, 6.45) is 0.383. The molecule has 0 radical (unpaired) electrons. The molecule has 5 rings (SSSR count). The number of aromatic nitrogens is 2. The first-order chi connectivity index (χ1) is 13.7. The number of H-pyrrole nitrogens is 1. The fraction of sp³-hybridized carbons (Fsp3) is 0.211. The second kappa shape index (κ2) is 6.68. The van der Waals surface area contributed by atoms with E-state index in [1.54, 1.807) is 34.4 Å². The average molecular weight is 396 g/mol. The van der Waals surface area contributed by atoms with Gasteiger partial charge in [-0.25, -0.2) is 0 Å². The number of hydrogen-bond acceptors (Lipinski definition) is 6. The van der Waals surface area contributed by atoms with E-state index in [1.807, 2.05) is 17.5 Å². The molecule has 0 spiro atoms. The number of ether oxygens (including phenoxy) is 2. The molecule has 0 fully saturated rings. The molecule has 0 bridgehead atoms. The molecule has 0 unspecified atom stereocenters. The minimum atomic E-state index is -0.295. The van der Waals surface area contributed by atoms with Crippen molar-refractivity contribution < 1.29 is 19.1 Å². The fourth-order valence-corrected chi connectivity index (χ4v) is 4.01. The highest BCUT2D eigenvalue weighted by atomic mass is 32.1. The predicted molar refractivity (Wildman–Crippen MR) is 101 cm³/mol. The molecule has 2 aliphatic heterocycles. The van der Waals surface area contributed by atoms with E-state index < -0.39 is 0 Å². The Balaban J connectivity index is 1.28. The lowest BCUT2D eigenvalue weighted by molar-refractivity contribution is -0.131. The van der Waals surface area contributed by atoms with Crippen molar-refractivity contribution in [1.82, 2.24) is 15.1 Å². The van der Waals surface area contributed by atoms with Crippen molar-refractivity contribution >= 4 is 29.0 Å². The molecular formula is C19H16N4O4S. The van der Waals surface area contributed by atoms with Crippen LogP contribution in [0.1, 0.15) is 26.5 Å². The summed E-state index contributed by atoms with van der Waals surface area (Å²) in [4.78, 5) is 27.9.